The molecule has 0 saturated carbocycles. The molecule has 8 atom stereocenters. The maximum atomic E-state index is 14.2. The summed E-state index contributed by atoms with van der Waals surface area (Å²) in [6.07, 6.45) is 0.817. The summed E-state index contributed by atoms with van der Waals surface area (Å²) < 4.78 is 29.2. The van der Waals surface area contributed by atoms with E-state index in [1.54, 1.807) is 45.2 Å². The number of carboxylic acid groups (broad SMARTS) is 1. The fraction of sp³-hybridized carbons (Fsp3) is 0.605. The third-order valence-corrected chi connectivity index (χ3v) is 13.2. The molecule has 4 rings (SSSR count). The number of halogens is 1. The first-order valence-corrected chi connectivity index (χ1v) is 21.0. The Morgan fingerprint density at radius 3 is 2.50 bits per heavy atom. The molecule has 0 radical (unpaired) electrons. The summed E-state index contributed by atoms with van der Waals surface area (Å²) in [6, 6.07) is 2.51. The van der Waals surface area contributed by atoms with Crippen LogP contribution >= 0.6 is 33.2 Å². The highest BCUT2D eigenvalue weighted by Gasteiger charge is 2.64. The average molecular weight is 842 g/mol. The molecule has 0 spiro atoms. The molecule has 1 aromatic carbocycles. The first-order valence-electron chi connectivity index (χ1n) is 18.2. The predicted molar refractivity (Wildman–Crippen MR) is 213 cm³/mol. The van der Waals surface area contributed by atoms with Crippen LogP contribution in [-0.4, -0.2) is 127 Å². The molecule has 15 nitrogen and oxygen atoms in total. The van der Waals surface area contributed by atoms with E-state index in [4.69, 9.17) is 40.4 Å². The zero-order valence-electron chi connectivity index (χ0n) is 32.9. The summed E-state index contributed by atoms with van der Waals surface area (Å²) in [6.45, 7) is 6.91. The van der Waals surface area contributed by atoms with Crippen molar-refractivity contribution in [2.24, 2.45) is 5.92 Å². The normalized spacial score (nSPS) is 30.1. The second kappa shape index (κ2) is 19.3. The molecule has 3 aliphatic heterocycles. The minimum absolute atomic E-state index is 0.0120. The number of hydrogen-bond acceptors (Lipinski definition) is 13. The number of carbonyl (C=O) groups is 5. The van der Waals surface area contributed by atoms with Crippen molar-refractivity contribution in [2.45, 2.75) is 102 Å². The number of methoxy groups -OCH3 is 2. The Morgan fingerprint density at radius 2 is 1.86 bits per heavy atom. The van der Waals surface area contributed by atoms with Crippen LogP contribution in [0.5, 0.6) is 5.75 Å². The number of esters is 1. The van der Waals surface area contributed by atoms with Crippen LogP contribution in [0.3, 0.4) is 0 Å². The topological polar surface area (TPSA) is 194 Å². The van der Waals surface area contributed by atoms with Gasteiger partial charge in [-0.3, -0.25) is 19.7 Å². The standard InChI is InChI=1S/C38H52ClN3O12S2/c1-21-10-9-11-28(51-8)38(49)20-27(52-36(48)40-38)22(2)34-37(4,54-34)29(19-31(44)42(6)25-17-24(16-21)18-26(50-7)33(25)39)53-35(47)23(3)41(5)30(43)12-14-55-56-15-13-32(45)46/h9-11,17-18,22-23,27-29,34,49H,12-16,19-20H2,1-8H3,(H,40,48)(H,45,46)/b11-9+,21-10+/t22-,23+,27+,28-,29+,34+,37?,38+/m0/s1. The zero-order chi connectivity index (χ0) is 41.5. The highest BCUT2D eigenvalue weighted by Crippen LogP contribution is 2.49. The number of carbonyl (C=O) groups excluding carboxylic acids is 4. The van der Waals surface area contributed by atoms with E-state index in [0.717, 1.165) is 11.1 Å². The van der Waals surface area contributed by atoms with Gasteiger partial charge in [0.25, 0.3) is 0 Å². The second-order valence-corrected chi connectivity index (χ2v) is 17.5. The van der Waals surface area contributed by atoms with Gasteiger partial charge in [0.05, 0.1) is 31.7 Å². The van der Waals surface area contributed by atoms with E-state index in [1.807, 2.05) is 13.0 Å². The quantitative estimate of drug-likeness (QED) is 0.113. The van der Waals surface area contributed by atoms with E-state index in [0.29, 0.717) is 29.4 Å². The number of ether oxygens (including phenoxy) is 5. The molecule has 3 amide bonds. The van der Waals surface area contributed by atoms with Crippen molar-refractivity contribution in [3.63, 3.8) is 0 Å². The highest BCUT2D eigenvalue weighted by atomic mass is 35.5. The largest absolute Gasteiger partial charge is 0.495 e. The number of nitrogens with zero attached hydrogens (tertiary/aromatic N) is 2. The molecule has 0 aliphatic carbocycles. The van der Waals surface area contributed by atoms with Crippen LogP contribution in [0.4, 0.5) is 10.5 Å². The molecule has 1 aromatic rings. The third-order valence-electron chi connectivity index (χ3n) is 10.4. The Labute approximate surface area is 340 Å². The minimum Gasteiger partial charge on any atom is -0.495 e. The number of aliphatic carboxylic acids is 1. The number of likely N-dealkylation sites (N-methyl/N-ethyl adjacent to an activating group) is 1. The minimum atomic E-state index is -1.85. The molecular weight excluding hydrogens is 790 g/mol. The van der Waals surface area contributed by atoms with Crippen LogP contribution < -0.4 is 15.0 Å². The fourth-order valence-corrected chi connectivity index (χ4v) is 9.04. The monoisotopic (exact) mass is 841 g/mol. The number of allylic oxidation sites excluding steroid dienone is 3. The van der Waals surface area contributed by atoms with Crippen molar-refractivity contribution in [3.8, 4) is 5.75 Å². The lowest BCUT2D eigenvalue weighted by molar-refractivity contribution is -0.162. The summed E-state index contributed by atoms with van der Waals surface area (Å²) in [4.78, 5) is 67.2. The van der Waals surface area contributed by atoms with Crippen molar-refractivity contribution in [2.75, 3.05) is 44.7 Å². The Kier molecular flexibility index (Phi) is 15.6. The molecule has 18 heteroatoms. The number of epoxide rings is 1. The van der Waals surface area contributed by atoms with Gasteiger partial charge in [0.15, 0.2) is 5.72 Å². The maximum absolute atomic E-state index is 14.2. The maximum Gasteiger partial charge on any atom is 0.409 e. The molecule has 1 unspecified atom stereocenters. The van der Waals surface area contributed by atoms with Gasteiger partial charge in [0, 0.05) is 51.5 Å². The van der Waals surface area contributed by atoms with Crippen molar-refractivity contribution in [1.29, 1.82) is 0 Å². The molecule has 3 heterocycles. The first kappa shape index (κ1) is 45.2. The van der Waals surface area contributed by atoms with Crippen LogP contribution in [0.1, 0.15) is 58.9 Å². The number of alkyl carbamates (subject to hydrolysis) is 1. The molecule has 310 valence electrons. The van der Waals surface area contributed by atoms with Crippen molar-refractivity contribution in [1.82, 2.24) is 10.2 Å². The summed E-state index contributed by atoms with van der Waals surface area (Å²) in [5, 5.41) is 23.3. The van der Waals surface area contributed by atoms with Crippen molar-refractivity contribution < 1.29 is 57.9 Å². The number of anilines is 1. The van der Waals surface area contributed by atoms with E-state index in [2.05, 4.69) is 5.32 Å². The smallest absolute Gasteiger partial charge is 0.409 e. The molecule has 4 bridgehead atoms. The molecular formula is C38H52ClN3O12S2. The van der Waals surface area contributed by atoms with E-state index >= 15 is 0 Å². The van der Waals surface area contributed by atoms with Gasteiger partial charge in [0.1, 0.15) is 40.7 Å². The Balaban J connectivity index is 1.66. The van der Waals surface area contributed by atoms with Gasteiger partial charge in [-0.1, -0.05) is 63.9 Å². The van der Waals surface area contributed by atoms with Crippen LogP contribution in [0.2, 0.25) is 5.02 Å². The summed E-state index contributed by atoms with van der Waals surface area (Å²) in [7, 11) is 8.66. The third kappa shape index (κ3) is 10.9. The lowest BCUT2D eigenvalue weighted by Gasteiger charge is -2.42. The van der Waals surface area contributed by atoms with Gasteiger partial charge in [-0.15, -0.1) is 0 Å². The van der Waals surface area contributed by atoms with Crippen molar-refractivity contribution in [3.05, 3.63) is 46.5 Å². The Bertz CT molecular complexity index is 1710. The average Bonchev–Trinajstić information content (AvgIpc) is 3.84. The summed E-state index contributed by atoms with van der Waals surface area (Å²) in [5.74, 6) is -1.84. The van der Waals surface area contributed by atoms with Crippen molar-refractivity contribution >= 4 is 68.7 Å². The molecule has 0 aromatic heterocycles. The number of hydrogen-bond donors (Lipinski definition) is 3. The van der Waals surface area contributed by atoms with Gasteiger partial charge in [-0.05, 0) is 44.9 Å². The van der Waals surface area contributed by atoms with Crippen LogP contribution in [0.15, 0.2) is 35.9 Å². The molecule has 3 aliphatic rings. The van der Waals surface area contributed by atoms with Gasteiger partial charge in [-0.2, -0.15) is 0 Å². The SMILES string of the molecule is COc1cc2cc(c1Cl)N(C)C(=O)C[C@@H](OC(=O)[C@@H](C)N(C)C(=O)CCSSCCC(=O)O)C1(C)O[C@@H]1[C@@H](C)[C@H]1C[C@](O)(NC(=O)O1)[C@@H](OC)/C=C/C=C(\C)C2. The lowest BCUT2D eigenvalue weighted by Crippen LogP contribution is -2.63. The lowest BCUT2D eigenvalue weighted by atomic mass is 9.83. The molecule has 2 fully saturated rings. The van der Waals surface area contributed by atoms with Gasteiger partial charge >= 0.3 is 18.0 Å². The molecule has 56 heavy (non-hydrogen) atoms. The van der Waals surface area contributed by atoms with E-state index in [9.17, 15) is 29.1 Å². The van der Waals surface area contributed by atoms with Gasteiger partial charge < -0.3 is 43.7 Å². The molecule has 2 saturated heterocycles. The summed E-state index contributed by atoms with van der Waals surface area (Å²) >= 11 is 6.76. The van der Waals surface area contributed by atoms with Gasteiger partial charge in [0.2, 0.25) is 11.8 Å². The van der Waals surface area contributed by atoms with Crippen LogP contribution in [0.25, 0.3) is 0 Å². The summed E-state index contributed by atoms with van der Waals surface area (Å²) in [5.41, 5.74) is -1.02. The van der Waals surface area contributed by atoms with E-state index in [-0.39, 0.29) is 36.6 Å². The number of nitrogens with one attached hydrogen (secondary N) is 1. The fourth-order valence-electron chi connectivity index (χ4n) is 6.77. The number of rotatable bonds is 12. The molecule has 3 N–H and O–H groups in total. The number of carboxylic acids is 1. The number of aliphatic hydroxyl groups is 1. The van der Waals surface area contributed by atoms with Crippen LogP contribution in [-0.2, 0) is 44.5 Å². The zero-order valence-corrected chi connectivity index (χ0v) is 35.3. The Morgan fingerprint density at radius 1 is 1.18 bits per heavy atom. The highest BCUT2D eigenvalue weighted by molar-refractivity contribution is 8.76. The number of fused-ring (bicyclic) bond motifs is 5. The predicted octanol–water partition coefficient (Wildman–Crippen LogP) is 4.76. The second-order valence-electron chi connectivity index (χ2n) is 14.4. The first-order chi connectivity index (χ1) is 26.3. The van der Waals surface area contributed by atoms with E-state index < -0.39 is 71.6 Å². The Hall–Kier alpha value is -3.48. The number of amides is 3. The van der Waals surface area contributed by atoms with E-state index in [1.165, 1.54) is 59.6 Å². The van der Waals surface area contributed by atoms with Crippen LogP contribution in [0, 0.1) is 5.92 Å². The van der Waals surface area contributed by atoms with Gasteiger partial charge in [-0.25, -0.2) is 9.59 Å². The number of benzene rings is 1.